The third-order valence-corrected chi connectivity index (χ3v) is 4.68. The topological polar surface area (TPSA) is 41.6 Å². The molecule has 0 aromatic heterocycles. The molecule has 1 unspecified atom stereocenters. The van der Waals surface area contributed by atoms with Crippen LogP contribution in [0.2, 0.25) is 0 Å². The second-order valence-electron chi connectivity index (χ2n) is 6.48. The molecule has 116 valence electrons. The maximum Gasteiger partial charge on any atom is 0.327 e. The lowest BCUT2D eigenvalue weighted by Gasteiger charge is -2.42. The van der Waals surface area contributed by atoms with Crippen LogP contribution in [0.25, 0.3) is 0 Å². The van der Waals surface area contributed by atoms with Gasteiger partial charge in [0, 0.05) is 12.6 Å². The summed E-state index contributed by atoms with van der Waals surface area (Å²) in [5.74, 6) is -0.0456. The van der Waals surface area contributed by atoms with E-state index in [0.717, 1.165) is 25.9 Å². The van der Waals surface area contributed by atoms with Crippen molar-refractivity contribution in [2.75, 3.05) is 26.7 Å². The van der Waals surface area contributed by atoms with Gasteiger partial charge in [-0.15, -0.1) is 0 Å². The summed E-state index contributed by atoms with van der Waals surface area (Å²) in [7, 11) is 2.10. The van der Waals surface area contributed by atoms with Gasteiger partial charge >= 0.3 is 5.97 Å². The summed E-state index contributed by atoms with van der Waals surface area (Å²) in [5.41, 5.74) is -0.474. The van der Waals surface area contributed by atoms with Crippen LogP contribution < -0.4 is 5.32 Å². The second kappa shape index (κ2) is 7.41. The first-order valence-corrected chi connectivity index (χ1v) is 8.30. The summed E-state index contributed by atoms with van der Waals surface area (Å²) < 4.78 is 5.38. The minimum atomic E-state index is -0.474. The van der Waals surface area contributed by atoms with Gasteiger partial charge in [-0.3, -0.25) is 5.32 Å². The molecule has 20 heavy (non-hydrogen) atoms. The molecule has 1 aliphatic carbocycles. The van der Waals surface area contributed by atoms with Crippen LogP contribution in [0.3, 0.4) is 0 Å². The zero-order valence-corrected chi connectivity index (χ0v) is 13.1. The predicted octanol–water partition coefficient (Wildman–Crippen LogP) is 2.33. The van der Waals surface area contributed by atoms with E-state index >= 15 is 0 Å². The summed E-state index contributed by atoms with van der Waals surface area (Å²) in [4.78, 5) is 14.8. The summed E-state index contributed by atoms with van der Waals surface area (Å²) in [6.45, 7) is 4.22. The number of esters is 1. The van der Waals surface area contributed by atoms with Crippen LogP contribution in [-0.4, -0.2) is 49.2 Å². The van der Waals surface area contributed by atoms with Crippen LogP contribution in [-0.2, 0) is 9.53 Å². The molecule has 4 nitrogen and oxygen atoms in total. The molecule has 0 aromatic carbocycles. The summed E-state index contributed by atoms with van der Waals surface area (Å²) >= 11 is 0. The van der Waals surface area contributed by atoms with Gasteiger partial charge in [0.1, 0.15) is 5.54 Å². The maximum absolute atomic E-state index is 12.5. The first-order chi connectivity index (χ1) is 9.66. The van der Waals surface area contributed by atoms with E-state index in [-0.39, 0.29) is 5.97 Å². The fraction of sp³-hybridized carbons (Fsp3) is 0.938. The van der Waals surface area contributed by atoms with Crippen molar-refractivity contribution in [3.63, 3.8) is 0 Å². The normalized spacial score (nSPS) is 29.9. The molecule has 2 aliphatic rings. The highest BCUT2D eigenvalue weighted by molar-refractivity contribution is 5.81. The van der Waals surface area contributed by atoms with Gasteiger partial charge in [-0.05, 0) is 46.2 Å². The predicted molar refractivity (Wildman–Crippen MR) is 80.7 cm³/mol. The average molecular weight is 282 g/mol. The average Bonchev–Trinajstić information content (AvgIpc) is 2.67. The molecule has 0 aromatic rings. The maximum atomic E-state index is 12.5. The van der Waals surface area contributed by atoms with Crippen molar-refractivity contribution in [1.29, 1.82) is 0 Å². The monoisotopic (exact) mass is 282 g/mol. The zero-order chi connectivity index (χ0) is 14.4. The lowest BCUT2D eigenvalue weighted by atomic mass is 9.87. The van der Waals surface area contributed by atoms with Gasteiger partial charge in [-0.25, -0.2) is 4.79 Å². The molecule has 2 rings (SSSR count). The van der Waals surface area contributed by atoms with Crippen molar-refractivity contribution in [3.8, 4) is 0 Å². The van der Waals surface area contributed by atoms with E-state index < -0.39 is 5.54 Å². The number of nitrogens with zero attached hydrogens (tertiary/aromatic N) is 1. The SMILES string of the molecule is CCOC(=O)C1(NC2CCCCCC2)CCCN(C)C1. The van der Waals surface area contributed by atoms with Gasteiger partial charge in [-0.1, -0.05) is 25.7 Å². The Labute approximate surface area is 123 Å². The van der Waals surface area contributed by atoms with Crippen LogP contribution in [0.1, 0.15) is 58.3 Å². The minimum absolute atomic E-state index is 0.0456. The first kappa shape index (κ1) is 15.8. The Kier molecular flexibility index (Phi) is 5.85. The van der Waals surface area contributed by atoms with Gasteiger partial charge in [0.05, 0.1) is 6.61 Å². The number of piperidine rings is 1. The lowest BCUT2D eigenvalue weighted by Crippen LogP contribution is -2.64. The standard InChI is InChI=1S/C16H30N2O2/c1-3-20-15(19)16(11-8-12-18(2)13-16)17-14-9-6-4-5-7-10-14/h14,17H,3-13H2,1-2H3. The molecule has 0 amide bonds. The van der Waals surface area contributed by atoms with E-state index in [4.69, 9.17) is 4.74 Å². The molecule has 0 radical (unpaired) electrons. The quantitative estimate of drug-likeness (QED) is 0.635. The molecular formula is C16H30N2O2. The Bertz CT molecular complexity index is 314. The van der Waals surface area contributed by atoms with E-state index in [9.17, 15) is 4.79 Å². The number of carbonyl (C=O) groups is 1. The van der Waals surface area contributed by atoms with Crippen LogP contribution >= 0.6 is 0 Å². The molecule has 1 saturated carbocycles. The number of carbonyl (C=O) groups excluding carboxylic acids is 1. The molecule has 2 fully saturated rings. The van der Waals surface area contributed by atoms with Crippen LogP contribution in [0.4, 0.5) is 0 Å². The number of hydrogen-bond acceptors (Lipinski definition) is 4. The largest absolute Gasteiger partial charge is 0.465 e. The van der Waals surface area contributed by atoms with Crippen LogP contribution in [0.15, 0.2) is 0 Å². The summed E-state index contributed by atoms with van der Waals surface area (Å²) in [6.07, 6.45) is 9.62. The Morgan fingerprint density at radius 3 is 2.55 bits per heavy atom. The smallest absolute Gasteiger partial charge is 0.327 e. The third kappa shape index (κ3) is 3.95. The Hall–Kier alpha value is -0.610. The highest BCUT2D eigenvalue weighted by atomic mass is 16.5. The van der Waals surface area contributed by atoms with Crippen molar-refractivity contribution in [2.24, 2.45) is 0 Å². The zero-order valence-electron chi connectivity index (χ0n) is 13.1. The third-order valence-electron chi connectivity index (χ3n) is 4.68. The van der Waals surface area contributed by atoms with E-state index in [1.54, 1.807) is 0 Å². The van der Waals surface area contributed by atoms with Crippen molar-refractivity contribution in [3.05, 3.63) is 0 Å². The van der Waals surface area contributed by atoms with E-state index in [2.05, 4.69) is 17.3 Å². The van der Waals surface area contributed by atoms with Crippen molar-refractivity contribution in [2.45, 2.75) is 69.9 Å². The second-order valence-corrected chi connectivity index (χ2v) is 6.48. The van der Waals surface area contributed by atoms with E-state index in [1.807, 2.05) is 6.92 Å². The van der Waals surface area contributed by atoms with E-state index in [1.165, 1.54) is 38.5 Å². The Morgan fingerprint density at radius 1 is 1.25 bits per heavy atom. The molecule has 0 spiro atoms. The van der Waals surface area contributed by atoms with Crippen LogP contribution in [0.5, 0.6) is 0 Å². The fourth-order valence-corrected chi connectivity index (χ4v) is 3.70. The number of hydrogen-bond donors (Lipinski definition) is 1. The van der Waals surface area contributed by atoms with E-state index in [0.29, 0.717) is 12.6 Å². The van der Waals surface area contributed by atoms with Gasteiger partial charge in [0.15, 0.2) is 0 Å². The minimum Gasteiger partial charge on any atom is -0.465 e. The van der Waals surface area contributed by atoms with Gasteiger partial charge in [0.25, 0.3) is 0 Å². The number of rotatable bonds is 4. The van der Waals surface area contributed by atoms with Gasteiger partial charge < -0.3 is 9.64 Å². The van der Waals surface area contributed by atoms with Crippen molar-refractivity contribution >= 4 is 5.97 Å². The molecule has 1 heterocycles. The molecular weight excluding hydrogens is 252 g/mol. The Morgan fingerprint density at radius 2 is 1.95 bits per heavy atom. The van der Waals surface area contributed by atoms with Gasteiger partial charge in [-0.2, -0.15) is 0 Å². The van der Waals surface area contributed by atoms with Crippen molar-refractivity contribution < 1.29 is 9.53 Å². The molecule has 1 aliphatic heterocycles. The number of nitrogens with one attached hydrogen (secondary N) is 1. The Balaban J connectivity index is 2.06. The highest BCUT2D eigenvalue weighted by Gasteiger charge is 2.43. The lowest BCUT2D eigenvalue weighted by molar-refractivity contribution is -0.154. The van der Waals surface area contributed by atoms with Crippen molar-refractivity contribution in [1.82, 2.24) is 10.2 Å². The molecule has 1 N–H and O–H groups in total. The van der Waals surface area contributed by atoms with Crippen LogP contribution in [0, 0.1) is 0 Å². The highest BCUT2D eigenvalue weighted by Crippen LogP contribution is 2.26. The molecule has 4 heteroatoms. The number of likely N-dealkylation sites (tertiary alicyclic amines) is 1. The molecule has 1 atom stereocenters. The fourth-order valence-electron chi connectivity index (χ4n) is 3.70. The first-order valence-electron chi connectivity index (χ1n) is 8.30. The summed E-state index contributed by atoms with van der Waals surface area (Å²) in [6, 6.07) is 0.480. The van der Waals surface area contributed by atoms with Gasteiger partial charge in [0.2, 0.25) is 0 Å². The summed E-state index contributed by atoms with van der Waals surface area (Å²) in [5, 5.41) is 3.71. The molecule has 1 saturated heterocycles. The number of likely N-dealkylation sites (N-methyl/N-ethyl adjacent to an activating group) is 1. The number of ether oxygens (including phenoxy) is 1. The molecule has 0 bridgehead atoms.